The Labute approximate surface area is 274 Å². The summed E-state index contributed by atoms with van der Waals surface area (Å²) in [6.07, 6.45) is 6.56. The molecule has 0 fully saturated rings. The van der Waals surface area contributed by atoms with Crippen molar-refractivity contribution >= 4 is 20.2 Å². The number of nitrogens with two attached hydrogens (primary N) is 1. The number of hydrogen-bond acceptors (Lipinski definition) is 6. The normalized spacial score (nSPS) is 17.6. The second-order valence-electron chi connectivity index (χ2n) is 14.2. The van der Waals surface area contributed by atoms with Crippen molar-refractivity contribution in [3.63, 3.8) is 0 Å². The van der Waals surface area contributed by atoms with Gasteiger partial charge in [-0.05, 0) is 55.1 Å². The zero-order chi connectivity index (χ0) is 34.5. The first-order valence-corrected chi connectivity index (χ1v) is 19.1. The minimum absolute atomic E-state index is 0.0369. The van der Waals surface area contributed by atoms with E-state index < -0.39 is 26.4 Å². The Bertz CT molecular complexity index is 1140. The van der Waals surface area contributed by atoms with Crippen molar-refractivity contribution in [3.05, 3.63) is 66.3 Å². The molecule has 0 heterocycles. The highest BCUT2D eigenvalue weighted by Gasteiger charge is 2.41. The van der Waals surface area contributed by atoms with Gasteiger partial charge in [-0.2, -0.15) is 0 Å². The van der Waals surface area contributed by atoms with Crippen molar-refractivity contribution in [2.75, 3.05) is 13.7 Å². The SMILES string of the molecule is C=CC=C[C@H](C)[C@H](OC(N)=O)[C@@H](C)C(=O)[C@@H](C)CC(C)=C[C@H](C)[C@@H](O[Si](C)(C)C(C)(C)C)[C@@H](C)COCc1ccc(OC)cc1. The number of methoxy groups -OCH3 is 1. The summed E-state index contributed by atoms with van der Waals surface area (Å²) in [5.74, 6) is 0.142. The van der Waals surface area contributed by atoms with Gasteiger partial charge in [-0.15, -0.1) is 0 Å². The van der Waals surface area contributed by atoms with E-state index >= 15 is 0 Å². The van der Waals surface area contributed by atoms with Crippen LogP contribution in [0.5, 0.6) is 5.75 Å². The van der Waals surface area contributed by atoms with Crippen LogP contribution in [0.4, 0.5) is 4.79 Å². The molecule has 1 aromatic rings. The number of hydrogen-bond donors (Lipinski definition) is 1. The second kappa shape index (κ2) is 18.5. The molecule has 0 aliphatic rings. The van der Waals surface area contributed by atoms with Gasteiger partial charge in [-0.3, -0.25) is 4.79 Å². The van der Waals surface area contributed by atoms with Crippen LogP contribution in [0.25, 0.3) is 0 Å². The molecule has 7 nitrogen and oxygen atoms in total. The maximum Gasteiger partial charge on any atom is 0.404 e. The van der Waals surface area contributed by atoms with Crippen LogP contribution in [0.15, 0.2) is 60.7 Å². The monoisotopic (exact) mass is 643 g/mol. The molecule has 0 spiro atoms. The minimum atomic E-state index is -2.09. The molecule has 0 aliphatic carbocycles. The van der Waals surface area contributed by atoms with Crippen LogP contribution in [0.1, 0.15) is 74.3 Å². The number of primary amides is 1. The van der Waals surface area contributed by atoms with E-state index in [1.165, 1.54) is 0 Å². The van der Waals surface area contributed by atoms with E-state index in [0.717, 1.165) is 16.9 Å². The van der Waals surface area contributed by atoms with Gasteiger partial charge in [0.05, 0.1) is 32.3 Å². The van der Waals surface area contributed by atoms with E-state index in [9.17, 15) is 9.59 Å². The second-order valence-corrected chi connectivity index (χ2v) is 19.0. The van der Waals surface area contributed by atoms with Crippen LogP contribution in [-0.2, 0) is 25.3 Å². The summed E-state index contributed by atoms with van der Waals surface area (Å²) < 4.78 is 23.9. The van der Waals surface area contributed by atoms with Crippen molar-refractivity contribution in [2.24, 2.45) is 35.3 Å². The van der Waals surface area contributed by atoms with E-state index in [-0.39, 0.29) is 40.6 Å². The van der Waals surface area contributed by atoms with E-state index in [1.807, 2.05) is 51.1 Å². The minimum Gasteiger partial charge on any atom is -0.497 e. The number of allylic oxidation sites excluding steroid dienone is 3. The largest absolute Gasteiger partial charge is 0.497 e. The maximum atomic E-state index is 13.5. The summed E-state index contributed by atoms with van der Waals surface area (Å²) in [7, 11) is -0.425. The third kappa shape index (κ3) is 13.3. The molecule has 45 heavy (non-hydrogen) atoms. The Morgan fingerprint density at radius 3 is 2.11 bits per heavy atom. The van der Waals surface area contributed by atoms with E-state index in [0.29, 0.717) is 19.6 Å². The summed E-state index contributed by atoms with van der Waals surface area (Å²) in [4.78, 5) is 25.2. The smallest absolute Gasteiger partial charge is 0.404 e. The molecular formula is C37H61NO6Si. The first-order chi connectivity index (χ1) is 20.8. The summed E-state index contributed by atoms with van der Waals surface area (Å²) in [6, 6.07) is 7.93. The number of ether oxygens (including phenoxy) is 3. The Morgan fingerprint density at radius 1 is 1.00 bits per heavy atom. The van der Waals surface area contributed by atoms with Crippen LogP contribution >= 0.6 is 0 Å². The average molecular weight is 644 g/mol. The van der Waals surface area contributed by atoms with Crippen LogP contribution in [-0.4, -0.2) is 46.1 Å². The Balaban J connectivity index is 3.09. The fraction of sp³-hybridized carbons (Fsp3) is 0.622. The molecule has 0 aliphatic heterocycles. The van der Waals surface area contributed by atoms with Gasteiger partial charge in [0.2, 0.25) is 0 Å². The van der Waals surface area contributed by atoms with E-state index in [1.54, 1.807) is 19.3 Å². The maximum absolute atomic E-state index is 13.5. The van der Waals surface area contributed by atoms with Crippen molar-refractivity contribution in [3.8, 4) is 5.75 Å². The number of ketones is 1. The van der Waals surface area contributed by atoms with Crippen LogP contribution in [0, 0.1) is 29.6 Å². The van der Waals surface area contributed by atoms with Crippen LogP contribution in [0.3, 0.4) is 0 Å². The Hall–Kier alpha value is -2.68. The third-order valence-electron chi connectivity index (χ3n) is 9.05. The quantitative estimate of drug-likeness (QED) is 0.0919. The molecule has 1 rings (SSSR count). The lowest BCUT2D eigenvalue weighted by molar-refractivity contribution is -0.129. The number of amides is 1. The predicted molar refractivity (Wildman–Crippen MR) is 188 cm³/mol. The van der Waals surface area contributed by atoms with Gasteiger partial charge in [0.25, 0.3) is 0 Å². The fourth-order valence-corrected chi connectivity index (χ4v) is 6.89. The average Bonchev–Trinajstić information content (AvgIpc) is 2.95. The molecule has 254 valence electrons. The van der Waals surface area contributed by atoms with Gasteiger partial charge in [0.1, 0.15) is 17.6 Å². The molecule has 0 saturated heterocycles. The van der Waals surface area contributed by atoms with Crippen molar-refractivity contribution in [2.45, 2.75) is 106 Å². The van der Waals surface area contributed by atoms with Crippen molar-refractivity contribution in [1.29, 1.82) is 0 Å². The topological polar surface area (TPSA) is 97.1 Å². The van der Waals surface area contributed by atoms with E-state index in [4.69, 9.17) is 24.4 Å². The first kappa shape index (κ1) is 40.3. The summed E-state index contributed by atoms with van der Waals surface area (Å²) >= 11 is 0. The predicted octanol–water partition coefficient (Wildman–Crippen LogP) is 8.89. The zero-order valence-electron chi connectivity index (χ0n) is 30.0. The zero-order valence-corrected chi connectivity index (χ0v) is 31.0. The Morgan fingerprint density at radius 2 is 1.60 bits per heavy atom. The highest BCUT2D eigenvalue weighted by molar-refractivity contribution is 6.74. The van der Waals surface area contributed by atoms with Gasteiger partial charge < -0.3 is 24.4 Å². The molecule has 0 saturated carbocycles. The number of Topliss-reactive ketones (excluding diaryl/α,β-unsaturated/α-hetero) is 1. The number of carbonyl (C=O) groups excluding carboxylic acids is 2. The molecule has 2 N–H and O–H groups in total. The van der Waals surface area contributed by atoms with Crippen molar-refractivity contribution < 1.29 is 28.2 Å². The molecular weight excluding hydrogens is 582 g/mol. The summed E-state index contributed by atoms with van der Waals surface area (Å²) in [5, 5.41) is 0.0615. The molecule has 8 heteroatoms. The Kier molecular flexibility index (Phi) is 16.5. The first-order valence-electron chi connectivity index (χ1n) is 16.2. The van der Waals surface area contributed by atoms with Gasteiger partial charge >= 0.3 is 6.09 Å². The number of benzene rings is 1. The van der Waals surface area contributed by atoms with Gasteiger partial charge in [0.15, 0.2) is 8.32 Å². The van der Waals surface area contributed by atoms with Crippen LogP contribution in [0.2, 0.25) is 18.1 Å². The summed E-state index contributed by atoms with van der Waals surface area (Å²) in [6.45, 7) is 28.2. The molecule has 0 radical (unpaired) electrons. The highest BCUT2D eigenvalue weighted by Crippen LogP contribution is 2.39. The number of rotatable bonds is 19. The van der Waals surface area contributed by atoms with Gasteiger partial charge in [-0.1, -0.05) is 104 Å². The molecule has 7 atom stereocenters. The van der Waals surface area contributed by atoms with E-state index in [2.05, 4.69) is 67.3 Å². The molecule has 0 unspecified atom stereocenters. The number of carbonyl (C=O) groups is 2. The third-order valence-corrected chi connectivity index (χ3v) is 13.5. The lowest BCUT2D eigenvalue weighted by Crippen LogP contribution is -2.47. The highest BCUT2D eigenvalue weighted by atomic mass is 28.4. The standard InChI is InChI=1S/C37H61NO6Si/c1-14-15-16-26(3)35(43-36(38)40)30(7)33(39)27(4)21-25(2)22-28(5)34(44-45(12,13)37(8,9)10)29(6)23-42-24-31-17-19-32(41-11)20-18-31/h14-20,22,26-30,34-35H,1,21,23-24H2,2-13H3,(H2,38,40)/t26-,27-,28-,29-,30-,34+,35-/m0/s1. The molecule has 1 aromatic carbocycles. The van der Waals surface area contributed by atoms with Crippen LogP contribution < -0.4 is 10.5 Å². The van der Waals surface area contributed by atoms with Crippen molar-refractivity contribution in [1.82, 2.24) is 0 Å². The fourth-order valence-electron chi connectivity index (χ4n) is 5.41. The summed E-state index contributed by atoms with van der Waals surface area (Å²) in [5.41, 5.74) is 7.57. The van der Waals surface area contributed by atoms with Gasteiger partial charge in [-0.25, -0.2) is 4.79 Å². The van der Waals surface area contributed by atoms with Gasteiger partial charge in [0, 0.05) is 17.8 Å². The lowest BCUT2D eigenvalue weighted by atomic mass is 9.82. The molecule has 0 aromatic heterocycles. The lowest BCUT2D eigenvalue weighted by Gasteiger charge is -2.42. The molecule has 1 amide bonds. The molecule has 0 bridgehead atoms.